The Morgan fingerprint density at radius 3 is 2.72 bits per heavy atom. The molecule has 25 heavy (non-hydrogen) atoms. The predicted octanol–water partition coefficient (Wildman–Crippen LogP) is 0.823. The number of nitrogens with one attached hydrogen (secondary N) is 2. The monoisotopic (exact) mass is 366 g/mol. The zero-order valence-electron chi connectivity index (χ0n) is 13.4. The van der Waals surface area contributed by atoms with Crippen molar-refractivity contribution in [2.45, 2.75) is 19.3 Å². The summed E-state index contributed by atoms with van der Waals surface area (Å²) in [5.74, 6) is 4.81. The molecule has 0 fully saturated rings. The molecule has 1 aromatic carbocycles. The minimum absolute atomic E-state index is 0.129. The van der Waals surface area contributed by atoms with Gasteiger partial charge >= 0.3 is 0 Å². The van der Waals surface area contributed by atoms with Crippen LogP contribution in [0.25, 0.3) is 10.9 Å². The first kappa shape index (κ1) is 18.6. The molecule has 0 unspecified atom stereocenters. The van der Waals surface area contributed by atoms with E-state index in [2.05, 4.69) is 15.4 Å². The summed E-state index contributed by atoms with van der Waals surface area (Å²) in [5, 5.41) is 6.60. The standard InChI is InChI=1S/C14H14N4O2.CH4O3S/c15-17-7-16-14(20)13-9-4-2-6-11(19)8-3-1-5-10(18-13)12(8)9;1-5(2,3)4/h1,3,5,7,18H,2,4,6,15H2,(H,16,17,20);1H3,(H,2,3,4). The Labute approximate surface area is 144 Å². The minimum atomic E-state index is -3.67. The zero-order chi connectivity index (χ0) is 18.6. The first-order chi connectivity index (χ1) is 11.7. The molecule has 134 valence electrons. The van der Waals surface area contributed by atoms with Gasteiger partial charge in [-0.1, -0.05) is 12.1 Å². The van der Waals surface area contributed by atoms with Crippen LogP contribution in [0, 0.1) is 0 Å². The van der Waals surface area contributed by atoms with Gasteiger partial charge in [-0.3, -0.25) is 14.1 Å². The summed E-state index contributed by atoms with van der Waals surface area (Å²) >= 11 is 0. The van der Waals surface area contributed by atoms with E-state index in [1.165, 1.54) is 0 Å². The van der Waals surface area contributed by atoms with Gasteiger partial charge in [0.2, 0.25) is 0 Å². The summed E-state index contributed by atoms with van der Waals surface area (Å²) in [5.41, 5.74) is 2.87. The fourth-order valence-corrected chi connectivity index (χ4v) is 2.72. The number of carbonyl (C=O) groups excluding carboxylic acids is 2. The molecule has 1 aromatic heterocycles. The number of rotatable bonds is 2. The second-order valence-electron chi connectivity index (χ2n) is 5.47. The third kappa shape index (κ3) is 4.64. The van der Waals surface area contributed by atoms with Gasteiger partial charge in [0, 0.05) is 22.9 Å². The minimum Gasteiger partial charge on any atom is -0.350 e. The van der Waals surface area contributed by atoms with Crippen molar-refractivity contribution in [3.05, 3.63) is 35.0 Å². The molecule has 3 rings (SSSR count). The van der Waals surface area contributed by atoms with Crippen LogP contribution in [0.4, 0.5) is 0 Å². The van der Waals surface area contributed by atoms with E-state index in [0.717, 1.165) is 29.2 Å². The van der Waals surface area contributed by atoms with E-state index >= 15 is 0 Å². The molecule has 0 saturated heterocycles. The van der Waals surface area contributed by atoms with Gasteiger partial charge in [0.05, 0.1) is 6.26 Å². The van der Waals surface area contributed by atoms with Crippen LogP contribution in [0.1, 0.15) is 39.3 Å². The third-order valence-corrected chi connectivity index (χ3v) is 3.56. The maximum Gasteiger partial charge on any atom is 0.273 e. The van der Waals surface area contributed by atoms with Crippen LogP contribution in [-0.4, -0.2) is 42.2 Å². The predicted molar refractivity (Wildman–Crippen MR) is 93.2 cm³/mol. The number of hydrogen-bond acceptors (Lipinski definition) is 6. The molecule has 1 heterocycles. The zero-order valence-corrected chi connectivity index (χ0v) is 14.3. The Bertz CT molecular complexity index is 938. The number of benzene rings is 1. The highest BCUT2D eigenvalue weighted by Crippen LogP contribution is 2.31. The fraction of sp³-hybridized carbons (Fsp3) is 0.267. The number of Topliss-reactive ketones (excluding diaryl/α,β-unsaturated/α-hetero) is 1. The Morgan fingerprint density at radius 2 is 2.08 bits per heavy atom. The van der Waals surface area contributed by atoms with Crippen molar-refractivity contribution in [2.75, 3.05) is 6.26 Å². The summed E-state index contributed by atoms with van der Waals surface area (Å²) < 4.78 is 25.9. The Hall–Kier alpha value is -2.72. The SMILES string of the molecule is CS(=O)(=O)O.NN=CNC(=O)c1[nH]c2cccc3c2c1CCCC3=O. The van der Waals surface area contributed by atoms with Gasteiger partial charge in [0.25, 0.3) is 16.0 Å². The third-order valence-electron chi connectivity index (χ3n) is 3.56. The maximum absolute atomic E-state index is 12.1. The van der Waals surface area contributed by atoms with Crippen molar-refractivity contribution in [3.63, 3.8) is 0 Å². The number of aryl methyl sites for hydroxylation is 1. The first-order valence-corrected chi connectivity index (χ1v) is 9.19. The lowest BCUT2D eigenvalue weighted by Crippen LogP contribution is -2.23. The Balaban J connectivity index is 0.000000399. The Morgan fingerprint density at radius 1 is 1.40 bits per heavy atom. The van der Waals surface area contributed by atoms with Crippen LogP contribution in [-0.2, 0) is 16.5 Å². The van der Waals surface area contributed by atoms with E-state index in [1.54, 1.807) is 0 Å². The van der Waals surface area contributed by atoms with Crippen molar-refractivity contribution in [1.29, 1.82) is 0 Å². The number of aromatic nitrogens is 1. The van der Waals surface area contributed by atoms with Crippen LogP contribution in [0.5, 0.6) is 0 Å². The lowest BCUT2D eigenvalue weighted by Gasteiger charge is -2.01. The second-order valence-corrected chi connectivity index (χ2v) is 6.93. The maximum atomic E-state index is 12.1. The molecule has 0 spiro atoms. The lowest BCUT2D eigenvalue weighted by molar-refractivity contribution is 0.0970. The van der Waals surface area contributed by atoms with Crippen LogP contribution < -0.4 is 11.2 Å². The molecule has 2 aromatic rings. The molecule has 0 aliphatic heterocycles. The van der Waals surface area contributed by atoms with Gasteiger partial charge in [-0.25, -0.2) is 0 Å². The van der Waals surface area contributed by atoms with Gasteiger partial charge < -0.3 is 16.1 Å². The summed E-state index contributed by atoms with van der Waals surface area (Å²) in [6.45, 7) is 0. The van der Waals surface area contributed by atoms with E-state index in [4.69, 9.17) is 10.4 Å². The summed E-state index contributed by atoms with van der Waals surface area (Å²) in [4.78, 5) is 27.3. The molecular weight excluding hydrogens is 348 g/mol. The smallest absolute Gasteiger partial charge is 0.273 e. The van der Waals surface area contributed by atoms with Gasteiger partial charge in [-0.05, 0) is 24.5 Å². The van der Waals surface area contributed by atoms with Crippen molar-refractivity contribution >= 4 is 39.1 Å². The molecule has 1 amide bonds. The molecule has 5 N–H and O–H groups in total. The largest absolute Gasteiger partial charge is 0.350 e. The number of H-pyrrole nitrogens is 1. The van der Waals surface area contributed by atoms with Gasteiger partial charge in [0.1, 0.15) is 12.0 Å². The molecular formula is C15H18N4O5S. The number of amides is 1. The van der Waals surface area contributed by atoms with Gasteiger partial charge in [-0.2, -0.15) is 13.5 Å². The van der Waals surface area contributed by atoms with Crippen LogP contribution in [0.15, 0.2) is 23.3 Å². The van der Waals surface area contributed by atoms with Crippen molar-refractivity contribution < 1.29 is 22.6 Å². The topological polar surface area (TPSA) is 155 Å². The quantitative estimate of drug-likeness (QED) is 0.203. The average molecular weight is 366 g/mol. The Kier molecular flexibility index (Phi) is 5.55. The van der Waals surface area contributed by atoms with Crippen molar-refractivity contribution in [1.82, 2.24) is 10.3 Å². The number of hydrazone groups is 1. The van der Waals surface area contributed by atoms with Crippen molar-refractivity contribution in [3.8, 4) is 0 Å². The molecule has 0 atom stereocenters. The van der Waals surface area contributed by atoms with Crippen molar-refractivity contribution in [2.24, 2.45) is 10.9 Å². The highest BCUT2D eigenvalue weighted by molar-refractivity contribution is 7.85. The van der Waals surface area contributed by atoms with Crippen LogP contribution >= 0.6 is 0 Å². The fourth-order valence-electron chi connectivity index (χ4n) is 2.72. The number of nitrogens with zero attached hydrogens (tertiary/aromatic N) is 1. The van der Waals surface area contributed by atoms with E-state index in [9.17, 15) is 18.0 Å². The molecule has 0 saturated carbocycles. The summed E-state index contributed by atoms with van der Waals surface area (Å²) in [6, 6.07) is 5.51. The molecule has 1 aliphatic rings. The highest BCUT2D eigenvalue weighted by atomic mass is 32.2. The summed E-state index contributed by atoms with van der Waals surface area (Å²) in [6.07, 6.45) is 3.81. The number of carbonyl (C=O) groups is 2. The van der Waals surface area contributed by atoms with Gasteiger partial charge in [0.15, 0.2) is 5.78 Å². The molecule has 1 aliphatic carbocycles. The van der Waals surface area contributed by atoms with E-state index < -0.39 is 10.1 Å². The molecule has 0 radical (unpaired) electrons. The molecule has 9 nitrogen and oxygen atoms in total. The number of ketones is 1. The number of aromatic amines is 1. The molecule has 10 heteroatoms. The highest BCUT2D eigenvalue weighted by Gasteiger charge is 2.24. The lowest BCUT2D eigenvalue weighted by atomic mass is 10.0. The van der Waals surface area contributed by atoms with Gasteiger partial charge in [-0.15, -0.1) is 0 Å². The molecule has 0 bridgehead atoms. The second kappa shape index (κ2) is 7.45. The van der Waals surface area contributed by atoms with E-state index in [1.807, 2.05) is 18.2 Å². The first-order valence-electron chi connectivity index (χ1n) is 7.34. The van der Waals surface area contributed by atoms with Crippen LogP contribution in [0.2, 0.25) is 0 Å². The number of hydrogen-bond donors (Lipinski definition) is 4. The summed E-state index contributed by atoms with van der Waals surface area (Å²) in [7, 11) is -3.67. The van der Waals surface area contributed by atoms with E-state index in [-0.39, 0.29) is 11.7 Å². The normalized spacial score (nSPS) is 14.1. The number of nitrogens with two attached hydrogens (primary N) is 1. The average Bonchev–Trinajstić information content (AvgIpc) is 2.80. The van der Waals surface area contributed by atoms with Crippen LogP contribution in [0.3, 0.4) is 0 Å². The van der Waals surface area contributed by atoms with E-state index in [0.29, 0.717) is 30.4 Å².